The van der Waals surface area contributed by atoms with Gasteiger partial charge in [-0.15, -0.1) is 11.3 Å². The number of aromatic nitrogens is 2. The standard InChI is InChI=1S/C33H35ClN4O2S/c1-40-20-19-38(33(39)31-30(34)25-13-5-8-16-29(25)41-31)28(32-35-26-14-6-7-15-27(26)36-32)21-23-11-3-4-12-24(23)22-37-17-9-2-10-18-37/h3-8,11-16,28H,2,9-10,17-22H2,1H3,(H,35,36). The number of piperidine rings is 1. The summed E-state index contributed by atoms with van der Waals surface area (Å²) in [5.74, 6) is 0.660. The molecule has 0 saturated carbocycles. The number of thiophene rings is 1. The molecule has 1 N–H and O–H groups in total. The van der Waals surface area contributed by atoms with Crippen LogP contribution in [-0.4, -0.2) is 59.0 Å². The van der Waals surface area contributed by atoms with Gasteiger partial charge in [0.2, 0.25) is 0 Å². The highest BCUT2D eigenvalue weighted by Crippen LogP contribution is 2.38. The van der Waals surface area contributed by atoms with E-state index in [0.29, 0.717) is 29.5 Å². The molecule has 1 unspecified atom stereocenters. The summed E-state index contributed by atoms with van der Waals surface area (Å²) in [6, 6.07) is 24.2. The van der Waals surface area contributed by atoms with E-state index in [1.165, 1.54) is 41.7 Å². The minimum Gasteiger partial charge on any atom is -0.383 e. The fraction of sp³-hybridized carbons (Fsp3) is 0.333. The molecule has 0 radical (unpaired) electrons. The third-order valence-corrected chi connectivity index (χ3v) is 9.66. The lowest BCUT2D eigenvalue weighted by atomic mass is 9.97. The third kappa shape index (κ3) is 6.04. The van der Waals surface area contributed by atoms with Gasteiger partial charge >= 0.3 is 0 Å². The molecule has 212 valence electrons. The Labute approximate surface area is 249 Å². The molecule has 1 fully saturated rings. The minimum atomic E-state index is -0.339. The number of para-hydroxylation sites is 2. The second kappa shape index (κ2) is 12.7. The van der Waals surface area contributed by atoms with E-state index in [9.17, 15) is 4.79 Å². The summed E-state index contributed by atoms with van der Waals surface area (Å²) in [6.45, 7) is 3.99. The SMILES string of the molecule is COCCN(C(=O)c1sc2ccccc2c1Cl)C(Cc1ccccc1CN1CCCCC1)c1nc2ccccc2[nH]1. The van der Waals surface area contributed by atoms with Gasteiger partial charge in [0.25, 0.3) is 5.91 Å². The lowest BCUT2D eigenvalue weighted by molar-refractivity contribution is 0.0593. The number of carbonyl (C=O) groups is 1. The van der Waals surface area contributed by atoms with Crippen LogP contribution in [0, 0.1) is 0 Å². The number of carbonyl (C=O) groups excluding carboxylic acids is 1. The lowest BCUT2D eigenvalue weighted by Crippen LogP contribution is -2.39. The number of ether oxygens (including phenoxy) is 1. The van der Waals surface area contributed by atoms with Crippen molar-refractivity contribution in [2.24, 2.45) is 0 Å². The van der Waals surface area contributed by atoms with Crippen molar-refractivity contribution in [1.29, 1.82) is 0 Å². The smallest absolute Gasteiger partial charge is 0.266 e. The highest BCUT2D eigenvalue weighted by atomic mass is 35.5. The van der Waals surface area contributed by atoms with Crippen molar-refractivity contribution in [3.05, 3.63) is 99.6 Å². The van der Waals surface area contributed by atoms with Crippen LogP contribution in [-0.2, 0) is 17.7 Å². The summed E-state index contributed by atoms with van der Waals surface area (Å²) in [6.07, 6.45) is 4.43. The molecule has 0 bridgehead atoms. The van der Waals surface area contributed by atoms with Gasteiger partial charge in [0.15, 0.2) is 0 Å². The molecule has 5 aromatic rings. The zero-order chi connectivity index (χ0) is 28.2. The van der Waals surface area contributed by atoms with Crippen LogP contribution in [0.1, 0.15) is 51.9 Å². The predicted octanol–water partition coefficient (Wildman–Crippen LogP) is 7.49. The van der Waals surface area contributed by atoms with Crippen molar-refractivity contribution < 1.29 is 9.53 Å². The number of H-pyrrole nitrogens is 1. The number of aromatic amines is 1. The number of amides is 1. The quantitative estimate of drug-likeness (QED) is 0.184. The van der Waals surface area contributed by atoms with Crippen LogP contribution in [0.3, 0.4) is 0 Å². The number of imidazole rings is 1. The van der Waals surface area contributed by atoms with Gasteiger partial charge in [-0.1, -0.05) is 72.6 Å². The Balaban J connectivity index is 1.42. The van der Waals surface area contributed by atoms with Crippen molar-refractivity contribution in [1.82, 2.24) is 19.8 Å². The van der Waals surface area contributed by atoms with Crippen LogP contribution < -0.4 is 0 Å². The third-order valence-electron chi connectivity index (χ3n) is 8.00. The molecular formula is C33H35ClN4O2S. The maximum absolute atomic E-state index is 14.4. The van der Waals surface area contributed by atoms with Gasteiger partial charge in [0.1, 0.15) is 10.7 Å². The fourth-order valence-corrected chi connectivity index (χ4v) is 7.30. The highest BCUT2D eigenvalue weighted by molar-refractivity contribution is 7.21. The predicted molar refractivity (Wildman–Crippen MR) is 168 cm³/mol. The number of benzene rings is 3. The first-order chi connectivity index (χ1) is 20.1. The number of methoxy groups -OCH3 is 1. The van der Waals surface area contributed by atoms with Crippen LogP contribution in [0.25, 0.3) is 21.1 Å². The second-order valence-electron chi connectivity index (χ2n) is 10.7. The maximum atomic E-state index is 14.4. The molecule has 3 aromatic carbocycles. The van der Waals surface area contributed by atoms with Crippen molar-refractivity contribution >= 4 is 50.0 Å². The first kappa shape index (κ1) is 27.9. The van der Waals surface area contributed by atoms with Gasteiger partial charge in [0, 0.05) is 36.7 Å². The van der Waals surface area contributed by atoms with Crippen molar-refractivity contribution in [2.75, 3.05) is 33.4 Å². The molecule has 6 rings (SSSR count). The molecule has 1 aliphatic heterocycles. The molecular weight excluding hydrogens is 552 g/mol. The number of nitrogens with zero attached hydrogens (tertiary/aromatic N) is 3. The number of nitrogens with one attached hydrogen (secondary N) is 1. The molecule has 8 heteroatoms. The normalized spacial score (nSPS) is 15.0. The first-order valence-corrected chi connectivity index (χ1v) is 15.5. The van der Waals surface area contributed by atoms with E-state index in [-0.39, 0.29) is 11.9 Å². The Morgan fingerprint density at radius 3 is 2.54 bits per heavy atom. The van der Waals surface area contributed by atoms with E-state index >= 15 is 0 Å². The molecule has 41 heavy (non-hydrogen) atoms. The Hall–Kier alpha value is -3.23. The topological polar surface area (TPSA) is 61.5 Å². The molecule has 1 saturated heterocycles. The van der Waals surface area contributed by atoms with Crippen molar-refractivity contribution in [2.45, 2.75) is 38.3 Å². The van der Waals surface area contributed by atoms with Crippen LogP contribution in [0.15, 0.2) is 72.8 Å². The molecule has 1 atom stereocenters. The second-order valence-corrected chi connectivity index (χ2v) is 12.1. The van der Waals surface area contributed by atoms with E-state index < -0.39 is 0 Å². The maximum Gasteiger partial charge on any atom is 0.266 e. The summed E-state index contributed by atoms with van der Waals surface area (Å²) in [5, 5.41) is 1.41. The zero-order valence-corrected chi connectivity index (χ0v) is 24.9. The number of rotatable bonds is 10. The number of hydrogen-bond acceptors (Lipinski definition) is 5. The lowest BCUT2D eigenvalue weighted by Gasteiger charge is -2.32. The molecule has 2 aromatic heterocycles. The summed E-state index contributed by atoms with van der Waals surface area (Å²) < 4.78 is 6.51. The number of fused-ring (bicyclic) bond motifs is 2. The number of likely N-dealkylation sites (tertiary alicyclic amines) is 1. The molecule has 0 aliphatic carbocycles. The summed E-state index contributed by atoms with van der Waals surface area (Å²) in [5.41, 5.74) is 4.36. The van der Waals surface area contributed by atoms with E-state index in [2.05, 4.69) is 34.1 Å². The van der Waals surface area contributed by atoms with Crippen molar-refractivity contribution in [3.8, 4) is 0 Å². The Morgan fingerprint density at radius 2 is 1.76 bits per heavy atom. The van der Waals surface area contributed by atoms with Gasteiger partial charge in [-0.3, -0.25) is 9.69 Å². The monoisotopic (exact) mass is 586 g/mol. The molecule has 1 amide bonds. The number of halogens is 1. The van der Waals surface area contributed by atoms with Gasteiger partial charge < -0.3 is 14.6 Å². The first-order valence-electron chi connectivity index (χ1n) is 14.3. The number of hydrogen-bond donors (Lipinski definition) is 1. The molecule has 6 nitrogen and oxygen atoms in total. The van der Waals surface area contributed by atoms with Crippen molar-refractivity contribution in [3.63, 3.8) is 0 Å². The van der Waals surface area contributed by atoms with Crippen LogP contribution in [0.2, 0.25) is 5.02 Å². The summed E-state index contributed by atoms with van der Waals surface area (Å²) in [4.78, 5) is 27.9. The van der Waals surface area contributed by atoms with E-state index in [4.69, 9.17) is 21.3 Å². The Morgan fingerprint density at radius 1 is 1.02 bits per heavy atom. The average molecular weight is 587 g/mol. The van der Waals surface area contributed by atoms with Crippen LogP contribution in [0.4, 0.5) is 0 Å². The average Bonchev–Trinajstić information content (AvgIpc) is 3.59. The van der Waals surface area contributed by atoms with E-state index in [1.54, 1.807) is 7.11 Å². The van der Waals surface area contributed by atoms with Gasteiger partial charge in [-0.25, -0.2) is 4.98 Å². The molecule has 0 spiro atoms. The van der Waals surface area contributed by atoms with Gasteiger partial charge in [0.05, 0.1) is 28.7 Å². The van der Waals surface area contributed by atoms with Gasteiger partial charge in [-0.05, 0) is 55.3 Å². The van der Waals surface area contributed by atoms with Crippen LogP contribution >= 0.6 is 22.9 Å². The van der Waals surface area contributed by atoms with Gasteiger partial charge in [-0.2, -0.15) is 0 Å². The van der Waals surface area contributed by atoms with E-state index in [0.717, 1.165) is 46.6 Å². The van der Waals surface area contributed by atoms with E-state index in [1.807, 2.05) is 53.4 Å². The minimum absolute atomic E-state index is 0.104. The Bertz CT molecular complexity index is 1610. The largest absolute Gasteiger partial charge is 0.383 e. The summed E-state index contributed by atoms with van der Waals surface area (Å²) >= 11 is 8.28. The summed E-state index contributed by atoms with van der Waals surface area (Å²) in [7, 11) is 1.67. The fourth-order valence-electron chi connectivity index (χ4n) is 5.83. The molecule has 1 aliphatic rings. The van der Waals surface area contributed by atoms with Crippen LogP contribution in [0.5, 0.6) is 0 Å². The Kier molecular flexibility index (Phi) is 8.67. The zero-order valence-electron chi connectivity index (χ0n) is 23.3. The molecule has 3 heterocycles. The highest BCUT2D eigenvalue weighted by Gasteiger charge is 2.32.